The molecule has 0 radical (unpaired) electrons. The summed E-state index contributed by atoms with van der Waals surface area (Å²) in [6.07, 6.45) is -5.40. The number of rotatable bonds is 5. The van der Waals surface area contributed by atoms with E-state index in [0.717, 1.165) is 11.7 Å². The van der Waals surface area contributed by atoms with Crippen molar-refractivity contribution in [1.82, 2.24) is 5.32 Å². The van der Waals surface area contributed by atoms with E-state index in [-0.39, 0.29) is 18.3 Å². The second-order valence-electron chi connectivity index (χ2n) is 4.63. The van der Waals surface area contributed by atoms with E-state index in [2.05, 4.69) is 0 Å². The highest BCUT2D eigenvalue weighted by molar-refractivity contribution is 5.85. The zero-order valence-corrected chi connectivity index (χ0v) is 11.1. The number of aliphatic hydroxyl groups is 1. The largest absolute Gasteiger partial charge is 0.405 e. The third-order valence-electron chi connectivity index (χ3n) is 3.18. The van der Waals surface area contributed by atoms with Crippen molar-refractivity contribution in [3.63, 3.8) is 0 Å². The molecule has 0 aromatic rings. The predicted molar refractivity (Wildman–Crippen MR) is 62.6 cm³/mol. The molecule has 4 N–H and O–H groups in total. The Morgan fingerprint density at radius 1 is 1.30 bits per heavy atom. The summed E-state index contributed by atoms with van der Waals surface area (Å²) in [7, 11) is 0. The van der Waals surface area contributed by atoms with Gasteiger partial charge in [-0.3, -0.25) is 4.79 Å². The Bertz CT molecular complexity index is 336. The van der Waals surface area contributed by atoms with Crippen LogP contribution in [0.25, 0.3) is 0 Å². The molecule has 1 rings (SSSR count). The maximum Gasteiger partial charge on any atom is 0.405 e. The van der Waals surface area contributed by atoms with Gasteiger partial charge in [0.25, 0.3) is 5.91 Å². The number of aliphatic hydroxyl groups excluding tert-OH is 1. The standard InChI is InChI=1S/C10H15F5N2O2.ClH/c11-9(12,13)4-17-8(19)10(14,15)7(18)6(16)5-2-1-3-5;/h5-7,18H,1-4,16H2,(H,17,19);1H/t6-,7+;/m0./s1. The molecule has 1 saturated carbocycles. The summed E-state index contributed by atoms with van der Waals surface area (Å²) in [6.45, 7) is -1.88. The highest BCUT2D eigenvalue weighted by Gasteiger charge is 2.51. The van der Waals surface area contributed by atoms with Gasteiger partial charge in [0.15, 0.2) is 0 Å². The van der Waals surface area contributed by atoms with Gasteiger partial charge in [-0.2, -0.15) is 22.0 Å². The van der Waals surface area contributed by atoms with Gasteiger partial charge < -0.3 is 16.2 Å². The zero-order valence-electron chi connectivity index (χ0n) is 10.3. The van der Waals surface area contributed by atoms with Crippen molar-refractivity contribution >= 4 is 18.3 Å². The van der Waals surface area contributed by atoms with Crippen molar-refractivity contribution in [3.05, 3.63) is 0 Å². The lowest BCUT2D eigenvalue weighted by Gasteiger charge is -2.36. The molecule has 0 unspecified atom stereocenters. The number of hydrogen-bond donors (Lipinski definition) is 3. The fourth-order valence-electron chi connectivity index (χ4n) is 1.76. The smallest absolute Gasteiger partial charge is 0.385 e. The third-order valence-corrected chi connectivity index (χ3v) is 3.18. The Labute approximate surface area is 118 Å². The second kappa shape index (κ2) is 6.86. The van der Waals surface area contributed by atoms with Gasteiger partial charge in [0.05, 0.1) is 0 Å². The molecule has 4 nitrogen and oxygen atoms in total. The van der Waals surface area contributed by atoms with Crippen LogP contribution in [0.4, 0.5) is 22.0 Å². The van der Waals surface area contributed by atoms with Crippen LogP contribution in [0.15, 0.2) is 0 Å². The van der Waals surface area contributed by atoms with Gasteiger partial charge in [-0.25, -0.2) is 0 Å². The lowest BCUT2D eigenvalue weighted by molar-refractivity contribution is -0.174. The Hall–Kier alpha value is -0.670. The minimum atomic E-state index is -4.80. The minimum absolute atomic E-state index is 0. The molecule has 0 saturated heterocycles. The molecule has 0 spiro atoms. The lowest BCUT2D eigenvalue weighted by atomic mass is 9.77. The summed E-state index contributed by atoms with van der Waals surface area (Å²) < 4.78 is 62.3. The highest BCUT2D eigenvalue weighted by atomic mass is 35.5. The predicted octanol–water partition coefficient (Wildman–Crippen LogP) is 1.21. The first-order valence-corrected chi connectivity index (χ1v) is 5.72. The second-order valence-corrected chi connectivity index (χ2v) is 4.63. The molecule has 0 bridgehead atoms. The van der Waals surface area contributed by atoms with E-state index < -0.39 is 36.7 Å². The summed E-state index contributed by atoms with van der Waals surface area (Å²) in [5.41, 5.74) is 5.40. The van der Waals surface area contributed by atoms with E-state index in [4.69, 9.17) is 5.73 Å². The molecule has 2 atom stereocenters. The number of amides is 1. The number of hydrogen-bond acceptors (Lipinski definition) is 3. The summed E-state index contributed by atoms with van der Waals surface area (Å²) in [4.78, 5) is 11.0. The Morgan fingerprint density at radius 3 is 2.15 bits per heavy atom. The van der Waals surface area contributed by atoms with Gasteiger partial charge in [-0.05, 0) is 18.8 Å². The van der Waals surface area contributed by atoms with Crippen LogP contribution in [0.2, 0.25) is 0 Å². The maximum atomic E-state index is 13.4. The third kappa shape index (κ3) is 4.71. The van der Waals surface area contributed by atoms with Gasteiger partial charge in [0, 0.05) is 6.04 Å². The van der Waals surface area contributed by atoms with Gasteiger partial charge >= 0.3 is 12.1 Å². The van der Waals surface area contributed by atoms with Crippen LogP contribution in [0.5, 0.6) is 0 Å². The van der Waals surface area contributed by atoms with Gasteiger partial charge in [0.2, 0.25) is 0 Å². The molecule has 10 heteroatoms. The van der Waals surface area contributed by atoms with Crippen molar-refractivity contribution in [2.45, 2.75) is 43.5 Å². The number of carbonyl (C=O) groups is 1. The quantitative estimate of drug-likeness (QED) is 0.665. The van der Waals surface area contributed by atoms with Gasteiger partial charge in [-0.15, -0.1) is 12.4 Å². The molecule has 1 aliphatic rings. The van der Waals surface area contributed by atoms with E-state index >= 15 is 0 Å². The average Bonchev–Trinajstić information content (AvgIpc) is 2.20. The monoisotopic (exact) mass is 326 g/mol. The average molecular weight is 327 g/mol. The molecular formula is C10H16ClF5N2O2. The van der Waals surface area contributed by atoms with Crippen molar-refractivity contribution in [2.24, 2.45) is 11.7 Å². The van der Waals surface area contributed by atoms with Crippen LogP contribution in [0.1, 0.15) is 19.3 Å². The Balaban J connectivity index is 0.00000361. The summed E-state index contributed by atoms with van der Waals surface area (Å²) in [5, 5.41) is 10.4. The number of nitrogens with one attached hydrogen (secondary N) is 1. The number of nitrogens with two attached hydrogens (primary N) is 1. The number of halogens is 6. The maximum absolute atomic E-state index is 13.4. The molecule has 0 aromatic heterocycles. The topological polar surface area (TPSA) is 75.3 Å². The fourth-order valence-corrected chi connectivity index (χ4v) is 1.76. The Kier molecular flexibility index (Phi) is 6.63. The van der Waals surface area contributed by atoms with Gasteiger partial charge in [0.1, 0.15) is 12.6 Å². The summed E-state index contributed by atoms with van der Waals surface area (Å²) in [5.74, 6) is -6.86. The number of carbonyl (C=O) groups excluding carboxylic acids is 1. The minimum Gasteiger partial charge on any atom is -0.385 e. The molecule has 0 aliphatic heterocycles. The molecule has 1 aliphatic carbocycles. The summed E-state index contributed by atoms with van der Waals surface area (Å²) >= 11 is 0. The molecule has 1 amide bonds. The van der Waals surface area contributed by atoms with Crippen LogP contribution < -0.4 is 11.1 Å². The number of alkyl halides is 5. The normalized spacial score (nSPS) is 19.6. The first kappa shape index (κ1) is 19.3. The van der Waals surface area contributed by atoms with E-state index in [1.54, 1.807) is 0 Å². The Morgan fingerprint density at radius 2 is 1.80 bits per heavy atom. The van der Waals surface area contributed by atoms with E-state index in [0.29, 0.717) is 12.8 Å². The van der Waals surface area contributed by atoms with Crippen LogP contribution in [0.3, 0.4) is 0 Å². The van der Waals surface area contributed by atoms with E-state index in [1.807, 2.05) is 0 Å². The molecule has 0 heterocycles. The zero-order chi connectivity index (χ0) is 14.8. The van der Waals surface area contributed by atoms with E-state index in [1.165, 1.54) is 0 Å². The highest BCUT2D eigenvalue weighted by Crippen LogP contribution is 2.33. The molecule has 20 heavy (non-hydrogen) atoms. The van der Waals surface area contributed by atoms with Crippen molar-refractivity contribution in [1.29, 1.82) is 0 Å². The molecule has 1 fully saturated rings. The molecular weight excluding hydrogens is 311 g/mol. The first-order valence-electron chi connectivity index (χ1n) is 5.72. The first-order chi connectivity index (χ1) is 8.55. The lowest BCUT2D eigenvalue weighted by Crippen LogP contribution is -2.58. The van der Waals surface area contributed by atoms with Crippen LogP contribution in [0, 0.1) is 5.92 Å². The van der Waals surface area contributed by atoms with Crippen molar-refractivity contribution < 1.29 is 31.9 Å². The van der Waals surface area contributed by atoms with Crippen LogP contribution in [-0.2, 0) is 4.79 Å². The summed E-state index contributed by atoms with van der Waals surface area (Å²) in [6, 6.07) is -1.33. The van der Waals surface area contributed by atoms with Crippen molar-refractivity contribution in [3.8, 4) is 0 Å². The molecule has 120 valence electrons. The van der Waals surface area contributed by atoms with E-state index in [9.17, 15) is 31.9 Å². The molecule has 0 aromatic carbocycles. The van der Waals surface area contributed by atoms with Crippen molar-refractivity contribution in [2.75, 3.05) is 6.54 Å². The van der Waals surface area contributed by atoms with Gasteiger partial charge in [-0.1, -0.05) is 6.42 Å². The van der Waals surface area contributed by atoms with Crippen LogP contribution >= 0.6 is 12.4 Å². The fraction of sp³-hybridized carbons (Fsp3) is 0.900. The SMILES string of the molecule is Cl.N[C@@H](C1CCC1)[C@@H](O)C(F)(F)C(=O)NCC(F)(F)F. The van der Waals surface area contributed by atoms with Crippen LogP contribution in [-0.4, -0.2) is 41.8 Å².